The lowest BCUT2D eigenvalue weighted by Crippen LogP contribution is -2.04. The number of nitrogens with zero attached hydrogens (tertiary/aromatic N) is 1. The van der Waals surface area contributed by atoms with Crippen molar-refractivity contribution in [3.05, 3.63) is 38.2 Å². The van der Waals surface area contributed by atoms with Crippen LogP contribution in [0.15, 0.2) is 21.2 Å². The first-order valence-electron chi connectivity index (χ1n) is 4.98. The molecule has 0 amide bonds. The Balaban J connectivity index is 2.89. The summed E-state index contributed by atoms with van der Waals surface area (Å²) in [6.45, 7) is 1.82. The van der Waals surface area contributed by atoms with Gasteiger partial charge >= 0.3 is 5.97 Å². The molecule has 0 radical (unpaired) electrons. The lowest BCUT2D eigenvalue weighted by Gasteiger charge is -2.09. The van der Waals surface area contributed by atoms with Crippen molar-refractivity contribution >= 4 is 48.7 Å². The molecule has 0 bridgehead atoms. The number of pyridine rings is 1. The molecular weight excluding hydrogens is 369 g/mol. The van der Waals surface area contributed by atoms with E-state index in [1.54, 1.807) is 6.07 Å². The normalized spacial score (nSPS) is 10.7. The van der Waals surface area contributed by atoms with Crippen LogP contribution in [0, 0.1) is 12.7 Å². The fourth-order valence-corrected chi connectivity index (χ4v) is 2.85. The van der Waals surface area contributed by atoms with Crippen molar-refractivity contribution in [1.29, 1.82) is 0 Å². The number of carbonyl (C=O) groups is 1. The van der Waals surface area contributed by atoms with Crippen LogP contribution in [0.4, 0.5) is 4.39 Å². The summed E-state index contributed by atoms with van der Waals surface area (Å²) in [5.74, 6) is -1.02. The standard InChI is InChI=1S/C12H8Br2FNO2/c1-5-3-7(13)10(15)8-9(14)6(12(17)18-2)4-16-11(5)8/h3-4H,1-2H3. The molecule has 0 aliphatic rings. The Labute approximate surface area is 120 Å². The third-order valence-electron chi connectivity index (χ3n) is 2.57. The van der Waals surface area contributed by atoms with Gasteiger partial charge in [-0.25, -0.2) is 9.18 Å². The molecule has 0 unspecified atom stereocenters. The number of ether oxygens (including phenoxy) is 1. The van der Waals surface area contributed by atoms with Crippen molar-refractivity contribution in [1.82, 2.24) is 4.98 Å². The first-order chi connectivity index (χ1) is 8.47. The van der Waals surface area contributed by atoms with Crippen molar-refractivity contribution in [2.45, 2.75) is 6.92 Å². The van der Waals surface area contributed by atoms with Crippen LogP contribution in [-0.4, -0.2) is 18.1 Å². The first-order valence-corrected chi connectivity index (χ1v) is 6.57. The van der Waals surface area contributed by atoms with E-state index in [4.69, 9.17) is 0 Å². The average molecular weight is 377 g/mol. The van der Waals surface area contributed by atoms with E-state index in [1.807, 2.05) is 6.92 Å². The molecule has 0 aliphatic carbocycles. The average Bonchev–Trinajstić information content (AvgIpc) is 2.35. The maximum absolute atomic E-state index is 14.1. The van der Waals surface area contributed by atoms with Gasteiger partial charge in [-0.05, 0) is 50.4 Å². The monoisotopic (exact) mass is 375 g/mol. The molecule has 6 heteroatoms. The summed E-state index contributed by atoms with van der Waals surface area (Å²) in [6, 6.07) is 1.65. The number of halogens is 3. The minimum atomic E-state index is -0.562. The number of aryl methyl sites for hydroxylation is 1. The van der Waals surface area contributed by atoms with E-state index in [9.17, 15) is 9.18 Å². The molecule has 1 heterocycles. The Hall–Kier alpha value is -1.01. The molecule has 18 heavy (non-hydrogen) atoms. The number of hydrogen-bond donors (Lipinski definition) is 0. The Kier molecular flexibility index (Phi) is 3.68. The van der Waals surface area contributed by atoms with Gasteiger partial charge in [-0.1, -0.05) is 0 Å². The van der Waals surface area contributed by atoms with E-state index in [2.05, 4.69) is 41.6 Å². The number of benzene rings is 1. The molecule has 0 fully saturated rings. The molecule has 0 atom stereocenters. The van der Waals surface area contributed by atoms with Crippen LogP contribution in [-0.2, 0) is 4.74 Å². The van der Waals surface area contributed by atoms with Crippen LogP contribution in [0.25, 0.3) is 10.9 Å². The van der Waals surface area contributed by atoms with Gasteiger partial charge in [-0.2, -0.15) is 0 Å². The molecular formula is C12H8Br2FNO2. The highest BCUT2D eigenvalue weighted by molar-refractivity contribution is 9.11. The molecule has 0 spiro atoms. The molecule has 2 aromatic rings. The summed E-state index contributed by atoms with van der Waals surface area (Å²) >= 11 is 6.38. The fourth-order valence-electron chi connectivity index (χ4n) is 1.68. The van der Waals surface area contributed by atoms with Crippen LogP contribution >= 0.6 is 31.9 Å². The minimum absolute atomic E-state index is 0.196. The summed E-state index contributed by atoms with van der Waals surface area (Å²) in [5, 5.41) is 0.268. The van der Waals surface area contributed by atoms with Gasteiger partial charge < -0.3 is 4.74 Å². The Bertz CT molecular complexity index is 658. The fraction of sp³-hybridized carbons (Fsp3) is 0.167. The number of hydrogen-bond acceptors (Lipinski definition) is 3. The number of fused-ring (bicyclic) bond motifs is 1. The quantitative estimate of drug-likeness (QED) is 0.706. The molecule has 0 saturated heterocycles. The third-order valence-corrected chi connectivity index (χ3v) is 3.97. The number of carbonyl (C=O) groups excluding carboxylic acids is 1. The van der Waals surface area contributed by atoms with E-state index >= 15 is 0 Å². The van der Waals surface area contributed by atoms with E-state index in [0.717, 1.165) is 5.56 Å². The summed E-state index contributed by atoms with van der Waals surface area (Å²) in [7, 11) is 1.27. The number of methoxy groups -OCH3 is 1. The lowest BCUT2D eigenvalue weighted by molar-refractivity contribution is 0.0599. The van der Waals surface area contributed by atoms with E-state index in [1.165, 1.54) is 13.3 Å². The molecule has 2 rings (SSSR count). The zero-order chi connectivity index (χ0) is 13.4. The highest BCUT2D eigenvalue weighted by Gasteiger charge is 2.19. The van der Waals surface area contributed by atoms with Gasteiger partial charge in [0.05, 0.1) is 28.0 Å². The second-order valence-electron chi connectivity index (χ2n) is 3.69. The van der Waals surface area contributed by atoms with Gasteiger partial charge in [0.25, 0.3) is 0 Å². The number of rotatable bonds is 1. The van der Waals surface area contributed by atoms with Crippen LogP contribution in [0.5, 0.6) is 0 Å². The smallest absolute Gasteiger partial charge is 0.340 e. The molecule has 0 N–H and O–H groups in total. The van der Waals surface area contributed by atoms with Gasteiger partial charge in [-0.3, -0.25) is 4.98 Å². The van der Waals surface area contributed by atoms with Crippen molar-refractivity contribution in [3.63, 3.8) is 0 Å². The van der Waals surface area contributed by atoms with Crippen molar-refractivity contribution in [3.8, 4) is 0 Å². The molecule has 0 saturated carbocycles. The van der Waals surface area contributed by atoms with E-state index in [-0.39, 0.29) is 10.9 Å². The van der Waals surface area contributed by atoms with E-state index < -0.39 is 11.8 Å². The zero-order valence-corrected chi connectivity index (χ0v) is 12.7. The lowest BCUT2D eigenvalue weighted by atomic mass is 10.1. The SMILES string of the molecule is COC(=O)c1cnc2c(C)cc(Br)c(F)c2c1Br. The molecule has 3 nitrogen and oxygen atoms in total. The maximum atomic E-state index is 14.1. The molecule has 94 valence electrons. The first kappa shape index (κ1) is 13.4. The number of esters is 1. The molecule has 1 aromatic carbocycles. The second-order valence-corrected chi connectivity index (χ2v) is 5.34. The topological polar surface area (TPSA) is 39.2 Å². The number of aromatic nitrogens is 1. The third kappa shape index (κ3) is 2.03. The Morgan fingerprint density at radius 3 is 2.72 bits per heavy atom. The van der Waals surface area contributed by atoms with Crippen LogP contribution < -0.4 is 0 Å². The second kappa shape index (κ2) is 4.93. The predicted octanol–water partition coefficient (Wildman–Crippen LogP) is 3.99. The van der Waals surface area contributed by atoms with Crippen LogP contribution in [0.3, 0.4) is 0 Å². The maximum Gasteiger partial charge on any atom is 0.340 e. The van der Waals surface area contributed by atoms with Crippen LogP contribution in [0.2, 0.25) is 0 Å². The Morgan fingerprint density at radius 1 is 1.44 bits per heavy atom. The van der Waals surface area contributed by atoms with Crippen molar-refractivity contribution in [2.24, 2.45) is 0 Å². The highest BCUT2D eigenvalue weighted by Crippen LogP contribution is 2.34. The summed E-state index contributed by atoms with van der Waals surface area (Å²) in [4.78, 5) is 15.7. The van der Waals surface area contributed by atoms with Crippen molar-refractivity contribution in [2.75, 3.05) is 7.11 Å². The van der Waals surface area contributed by atoms with Gasteiger partial charge in [0.1, 0.15) is 5.82 Å². The largest absolute Gasteiger partial charge is 0.465 e. The van der Waals surface area contributed by atoms with E-state index in [0.29, 0.717) is 14.5 Å². The zero-order valence-electron chi connectivity index (χ0n) is 9.55. The summed E-state index contributed by atoms with van der Waals surface area (Å²) in [5.41, 5.74) is 1.52. The van der Waals surface area contributed by atoms with Gasteiger partial charge in [0, 0.05) is 10.7 Å². The van der Waals surface area contributed by atoms with Crippen molar-refractivity contribution < 1.29 is 13.9 Å². The highest BCUT2D eigenvalue weighted by atomic mass is 79.9. The molecule has 1 aromatic heterocycles. The summed E-state index contributed by atoms with van der Waals surface area (Å²) < 4.78 is 19.4. The van der Waals surface area contributed by atoms with Gasteiger partial charge in [0.2, 0.25) is 0 Å². The minimum Gasteiger partial charge on any atom is -0.465 e. The predicted molar refractivity (Wildman–Crippen MR) is 73.2 cm³/mol. The molecule has 0 aliphatic heterocycles. The van der Waals surface area contributed by atoms with Crippen LogP contribution in [0.1, 0.15) is 15.9 Å². The van der Waals surface area contributed by atoms with Gasteiger partial charge in [0.15, 0.2) is 0 Å². The van der Waals surface area contributed by atoms with Gasteiger partial charge in [-0.15, -0.1) is 0 Å². The summed E-state index contributed by atoms with van der Waals surface area (Å²) in [6.07, 6.45) is 1.37. The Morgan fingerprint density at radius 2 is 2.11 bits per heavy atom.